The van der Waals surface area contributed by atoms with Gasteiger partial charge in [-0.1, -0.05) is 96.1 Å². The Bertz CT molecular complexity index is 2620. The lowest BCUT2D eigenvalue weighted by Crippen LogP contribution is -2.07. The van der Waals surface area contributed by atoms with Crippen LogP contribution in [0.2, 0.25) is 0 Å². The standard InChI is InChI=1S/C44H34N4S2/c1-25-15-19-29(20-16-25)35-23-33-41(47-45-31-11-7-5-8-12-31)37-28(4)40-38(27(3)39(37)43(33)49-35)42(48-46-32-13-9-6-10-14-32)34-24-36(50-44(34)40)30-21-17-26(2)18-22-30/h5-24,45-46H,1-4H3/b47-41+,48-42+. The van der Waals surface area contributed by atoms with Gasteiger partial charge in [0.15, 0.2) is 0 Å². The topological polar surface area (TPSA) is 48.8 Å². The number of thiophene rings is 2. The molecule has 0 aliphatic heterocycles. The van der Waals surface area contributed by atoms with Gasteiger partial charge in [0.1, 0.15) is 10.7 Å². The second kappa shape index (κ2) is 12.1. The van der Waals surface area contributed by atoms with Crippen LogP contribution in [0.1, 0.15) is 22.3 Å². The molecule has 0 saturated carbocycles. The zero-order chi connectivity index (χ0) is 33.9. The highest BCUT2D eigenvalue weighted by atomic mass is 32.1. The zero-order valence-corrected chi connectivity index (χ0v) is 29.9. The van der Waals surface area contributed by atoms with E-state index in [1.807, 2.05) is 59.1 Å². The molecule has 4 nitrogen and oxygen atoms in total. The van der Waals surface area contributed by atoms with Gasteiger partial charge in [-0.05, 0) is 86.3 Å². The molecule has 0 aliphatic rings. The first kappa shape index (κ1) is 30.5. The van der Waals surface area contributed by atoms with E-state index in [1.165, 1.54) is 84.9 Å². The van der Waals surface area contributed by atoms with Crippen molar-refractivity contribution in [2.24, 2.45) is 10.2 Å². The summed E-state index contributed by atoms with van der Waals surface area (Å²) in [6, 6.07) is 42.7. The van der Waals surface area contributed by atoms with Crippen molar-refractivity contribution in [1.29, 1.82) is 0 Å². The van der Waals surface area contributed by atoms with Crippen molar-refractivity contribution in [3.8, 4) is 20.9 Å². The van der Waals surface area contributed by atoms with Gasteiger partial charge in [0, 0.05) is 51.5 Å². The number of hydrogen-bond donors (Lipinski definition) is 2. The van der Waals surface area contributed by atoms with Crippen molar-refractivity contribution in [2.45, 2.75) is 27.7 Å². The fourth-order valence-corrected chi connectivity index (χ4v) is 9.70. The van der Waals surface area contributed by atoms with Crippen molar-refractivity contribution in [1.82, 2.24) is 0 Å². The average Bonchev–Trinajstić information content (AvgIpc) is 3.90. The molecule has 2 N–H and O–H groups in total. The van der Waals surface area contributed by atoms with Crippen LogP contribution in [0.25, 0.3) is 62.6 Å². The van der Waals surface area contributed by atoms with Crippen LogP contribution in [0.15, 0.2) is 132 Å². The summed E-state index contributed by atoms with van der Waals surface area (Å²) in [6.07, 6.45) is 0. The Balaban J connectivity index is 1.38. The van der Waals surface area contributed by atoms with Crippen LogP contribution in [0.5, 0.6) is 0 Å². The van der Waals surface area contributed by atoms with Gasteiger partial charge in [-0.25, -0.2) is 0 Å². The lowest BCUT2D eigenvalue weighted by Gasteiger charge is -2.08. The van der Waals surface area contributed by atoms with Crippen LogP contribution in [-0.4, -0.2) is 0 Å². The Morgan fingerprint density at radius 3 is 1.20 bits per heavy atom. The van der Waals surface area contributed by atoms with E-state index < -0.39 is 0 Å². The van der Waals surface area contributed by atoms with Crippen LogP contribution in [0.4, 0.5) is 11.4 Å². The lowest BCUT2D eigenvalue weighted by atomic mass is 9.98. The molecule has 0 atom stereocenters. The lowest BCUT2D eigenvalue weighted by molar-refractivity contribution is 1.25. The Kier molecular flexibility index (Phi) is 7.37. The van der Waals surface area contributed by atoms with Crippen molar-refractivity contribution in [3.63, 3.8) is 0 Å². The number of benzene rings is 5. The minimum absolute atomic E-state index is 0.962. The summed E-state index contributed by atoms with van der Waals surface area (Å²) in [7, 11) is 0. The number of hydrogen-bond acceptors (Lipinski definition) is 6. The molecule has 2 heterocycles. The third-order valence-corrected chi connectivity index (χ3v) is 12.1. The van der Waals surface area contributed by atoms with E-state index >= 15 is 0 Å². The first-order chi connectivity index (χ1) is 24.4. The van der Waals surface area contributed by atoms with E-state index in [0.717, 1.165) is 22.1 Å². The van der Waals surface area contributed by atoms with Crippen LogP contribution < -0.4 is 21.6 Å². The molecule has 242 valence electrons. The van der Waals surface area contributed by atoms with Crippen molar-refractivity contribution >= 4 is 75.8 Å². The van der Waals surface area contributed by atoms with E-state index in [2.05, 4.69) is 123 Å². The van der Waals surface area contributed by atoms with E-state index in [-0.39, 0.29) is 0 Å². The first-order valence-corrected chi connectivity index (χ1v) is 18.5. The fourth-order valence-electron chi connectivity index (χ4n) is 7.15. The molecule has 50 heavy (non-hydrogen) atoms. The minimum atomic E-state index is 0.962. The normalized spacial score (nSPS) is 12.6. The smallest absolute Gasteiger partial charge is 0.100 e. The van der Waals surface area contributed by atoms with Crippen molar-refractivity contribution in [3.05, 3.63) is 154 Å². The summed E-state index contributed by atoms with van der Waals surface area (Å²) in [6.45, 7) is 8.81. The molecular weight excluding hydrogens is 649 g/mol. The number of para-hydroxylation sites is 2. The highest BCUT2D eigenvalue weighted by Gasteiger charge is 2.25. The molecular formula is C44H34N4S2. The van der Waals surface area contributed by atoms with Crippen molar-refractivity contribution in [2.75, 3.05) is 10.9 Å². The Morgan fingerprint density at radius 2 is 0.820 bits per heavy atom. The molecule has 0 unspecified atom stereocenters. The Hall–Kier alpha value is -5.56. The SMILES string of the molecule is Cc1ccc(-c2cc3/c(=N\Nc4ccccc4)c4c(C)c5c(c(C)c4c3s2)/c(=N/Nc2ccccc2)c2cc(-c3ccc(C)cc3)sc25)cc1. The fraction of sp³-hybridized carbons (Fsp3) is 0.0909. The van der Waals surface area contributed by atoms with Crippen LogP contribution >= 0.6 is 22.7 Å². The van der Waals surface area contributed by atoms with Gasteiger partial charge < -0.3 is 0 Å². The molecule has 0 bridgehead atoms. The molecule has 6 heteroatoms. The molecule has 0 aliphatic carbocycles. The Labute approximate surface area is 298 Å². The van der Waals surface area contributed by atoms with Gasteiger partial charge in [-0.2, -0.15) is 10.2 Å². The summed E-state index contributed by atoms with van der Waals surface area (Å²) in [4.78, 5) is 2.49. The maximum absolute atomic E-state index is 5.17. The predicted molar refractivity (Wildman–Crippen MR) is 216 cm³/mol. The minimum Gasteiger partial charge on any atom is -0.278 e. The molecule has 9 rings (SSSR count). The van der Waals surface area contributed by atoms with Gasteiger partial charge in [0.25, 0.3) is 0 Å². The molecule has 0 spiro atoms. The second-order valence-electron chi connectivity index (χ2n) is 13.1. The summed E-state index contributed by atoms with van der Waals surface area (Å²) >= 11 is 3.71. The van der Waals surface area contributed by atoms with Crippen LogP contribution in [0, 0.1) is 27.7 Å². The number of anilines is 2. The number of aryl methyl sites for hydroxylation is 4. The first-order valence-electron chi connectivity index (χ1n) is 16.8. The number of rotatable bonds is 6. The maximum atomic E-state index is 5.17. The molecule has 7 aromatic carbocycles. The largest absolute Gasteiger partial charge is 0.278 e. The van der Waals surface area contributed by atoms with Gasteiger partial charge in [0.2, 0.25) is 0 Å². The van der Waals surface area contributed by atoms with E-state index in [4.69, 9.17) is 10.2 Å². The third-order valence-electron chi connectivity index (χ3n) is 9.72. The average molecular weight is 683 g/mol. The molecule has 0 fully saturated rings. The van der Waals surface area contributed by atoms with Crippen molar-refractivity contribution < 1.29 is 0 Å². The van der Waals surface area contributed by atoms with Crippen LogP contribution in [-0.2, 0) is 0 Å². The molecule has 0 amide bonds. The molecule has 9 aromatic rings. The maximum Gasteiger partial charge on any atom is 0.100 e. The van der Waals surface area contributed by atoms with E-state index in [1.54, 1.807) is 0 Å². The monoisotopic (exact) mass is 682 g/mol. The number of nitrogens with zero attached hydrogens (tertiary/aromatic N) is 2. The highest BCUT2D eigenvalue weighted by Crippen LogP contribution is 2.45. The van der Waals surface area contributed by atoms with Gasteiger partial charge >= 0.3 is 0 Å². The summed E-state index contributed by atoms with van der Waals surface area (Å²) in [5.41, 5.74) is 16.2. The van der Waals surface area contributed by atoms with E-state index in [0.29, 0.717) is 0 Å². The summed E-state index contributed by atoms with van der Waals surface area (Å²) < 4.78 is 2.53. The third kappa shape index (κ3) is 5.02. The Morgan fingerprint density at radius 1 is 0.440 bits per heavy atom. The predicted octanol–water partition coefficient (Wildman–Crippen LogP) is 11.7. The number of fused-ring (bicyclic) bond motifs is 6. The van der Waals surface area contributed by atoms with Crippen LogP contribution in [0.3, 0.4) is 0 Å². The molecule has 0 radical (unpaired) electrons. The quantitative estimate of drug-likeness (QED) is 0.172. The molecule has 2 aromatic heterocycles. The summed E-state index contributed by atoms with van der Waals surface area (Å²) in [5.74, 6) is 0. The molecule has 0 saturated heterocycles. The number of nitrogens with one attached hydrogen (secondary N) is 2. The highest BCUT2D eigenvalue weighted by molar-refractivity contribution is 7.24. The van der Waals surface area contributed by atoms with E-state index in [9.17, 15) is 0 Å². The van der Waals surface area contributed by atoms with Gasteiger partial charge in [0.05, 0.1) is 11.4 Å². The second-order valence-corrected chi connectivity index (χ2v) is 15.2. The summed E-state index contributed by atoms with van der Waals surface area (Å²) in [5, 5.41) is 19.6. The van der Waals surface area contributed by atoms with Gasteiger partial charge in [-0.15, -0.1) is 22.7 Å². The zero-order valence-electron chi connectivity index (χ0n) is 28.3. The van der Waals surface area contributed by atoms with Gasteiger partial charge in [-0.3, -0.25) is 10.9 Å².